The topological polar surface area (TPSA) is 70.6 Å². The van der Waals surface area contributed by atoms with Gasteiger partial charge in [0.2, 0.25) is 0 Å². The zero-order valence-electron chi connectivity index (χ0n) is 14.7. The minimum Gasteiger partial charge on any atom is -0.486 e. The highest BCUT2D eigenvalue weighted by Gasteiger charge is 2.32. The molecule has 3 N–H and O–H groups in total. The second-order valence-corrected chi connectivity index (χ2v) is 7.26. The molecule has 5 heteroatoms. The van der Waals surface area contributed by atoms with Gasteiger partial charge in [0.25, 0.3) is 0 Å². The number of para-hydroxylation sites is 2. The maximum atomic E-state index is 12.5. The monoisotopic (exact) mass is 340 g/mol. The third kappa shape index (κ3) is 4.12. The van der Waals surface area contributed by atoms with Crippen LogP contribution >= 0.6 is 0 Å². The van der Waals surface area contributed by atoms with Crippen molar-refractivity contribution in [2.45, 2.75) is 44.9 Å². The van der Waals surface area contributed by atoms with Crippen LogP contribution in [0.1, 0.15) is 37.9 Å². The summed E-state index contributed by atoms with van der Waals surface area (Å²) < 4.78 is 5.89. The van der Waals surface area contributed by atoms with Crippen molar-refractivity contribution in [3.8, 4) is 5.75 Å². The van der Waals surface area contributed by atoms with Crippen molar-refractivity contribution >= 4 is 11.7 Å². The van der Waals surface area contributed by atoms with E-state index in [-0.39, 0.29) is 11.6 Å². The van der Waals surface area contributed by atoms with Crippen LogP contribution in [0.4, 0.5) is 10.5 Å². The summed E-state index contributed by atoms with van der Waals surface area (Å²) >= 11 is 0. The SMILES string of the molecule is CC(C)(C)Oc1ccccc1NC(=O)N[C@H]1c2ccccc2C[C@H]1O. The zero-order chi connectivity index (χ0) is 18.0. The Balaban J connectivity index is 1.72. The molecule has 3 rings (SSSR count). The number of hydrogen-bond acceptors (Lipinski definition) is 3. The zero-order valence-corrected chi connectivity index (χ0v) is 14.7. The number of ether oxygens (including phenoxy) is 1. The number of fused-ring (bicyclic) bond motifs is 1. The molecular weight excluding hydrogens is 316 g/mol. The number of rotatable bonds is 3. The van der Waals surface area contributed by atoms with E-state index in [1.54, 1.807) is 6.07 Å². The molecule has 1 aliphatic carbocycles. The number of nitrogens with one attached hydrogen (secondary N) is 2. The third-order valence-corrected chi connectivity index (χ3v) is 4.04. The smallest absolute Gasteiger partial charge is 0.319 e. The second-order valence-electron chi connectivity index (χ2n) is 7.26. The Bertz CT molecular complexity index is 768. The van der Waals surface area contributed by atoms with Crippen LogP contribution in [0.5, 0.6) is 5.75 Å². The average Bonchev–Trinajstić information content (AvgIpc) is 2.84. The molecule has 0 heterocycles. The first-order valence-corrected chi connectivity index (χ1v) is 8.45. The number of benzene rings is 2. The molecule has 2 amide bonds. The van der Waals surface area contributed by atoms with Gasteiger partial charge in [-0.3, -0.25) is 0 Å². The van der Waals surface area contributed by atoms with E-state index >= 15 is 0 Å². The Morgan fingerprint density at radius 2 is 1.80 bits per heavy atom. The summed E-state index contributed by atoms with van der Waals surface area (Å²) in [6.07, 6.45) is -0.0746. The predicted molar refractivity (Wildman–Crippen MR) is 97.9 cm³/mol. The summed E-state index contributed by atoms with van der Waals surface area (Å²) in [4.78, 5) is 12.5. The van der Waals surface area contributed by atoms with Crippen LogP contribution < -0.4 is 15.4 Å². The Morgan fingerprint density at radius 3 is 2.56 bits per heavy atom. The van der Waals surface area contributed by atoms with Gasteiger partial charge in [0.05, 0.1) is 17.8 Å². The molecule has 0 aromatic heterocycles. The minimum atomic E-state index is -0.621. The number of hydrogen-bond donors (Lipinski definition) is 3. The van der Waals surface area contributed by atoms with E-state index in [2.05, 4.69) is 10.6 Å². The lowest BCUT2D eigenvalue weighted by Crippen LogP contribution is -2.37. The summed E-state index contributed by atoms with van der Waals surface area (Å²) in [5, 5.41) is 16.0. The molecule has 0 aliphatic heterocycles. The average molecular weight is 340 g/mol. The molecule has 5 nitrogen and oxygen atoms in total. The first kappa shape index (κ1) is 17.3. The molecule has 2 aromatic rings. The number of amides is 2. The fourth-order valence-electron chi connectivity index (χ4n) is 3.04. The Labute approximate surface area is 148 Å². The molecule has 0 bridgehead atoms. The van der Waals surface area contributed by atoms with Gasteiger partial charge >= 0.3 is 6.03 Å². The van der Waals surface area contributed by atoms with E-state index in [4.69, 9.17) is 4.74 Å². The number of aliphatic hydroxyl groups is 1. The Kier molecular flexibility index (Phi) is 4.68. The van der Waals surface area contributed by atoms with Gasteiger partial charge in [-0.15, -0.1) is 0 Å². The van der Waals surface area contributed by atoms with Gasteiger partial charge in [0.15, 0.2) is 0 Å². The van der Waals surface area contributed by atoms with Crippen molar-refractivity contribution in [2.24, 2.45) is 0 Å². The lowest BCUT2D eigenvalue weighted by molar-refractivity contribution is 0.132. The highest BCUT2D eigenvalue weighted by atomic mass is 16.5. The van der Waals surface area contributed by atoms with Crippen LogP contribution in [0.25, 0.3) is 0 Å². The van der Waals surface area contributed by atoms with Gasteiger partial charge in [-0.25, -0.2) is 4.79 Å². The van der Waals surface area contributed by atoms with Crippen LogP contribution in [0.3, 0.4) is 0 Å². The lowest BCUT2D eigenvalue weighted by atomic mass is 10.1. The quantitative estimate of drug-likeness (QED) is 0.799. The minimum absolute atomic E-state index is 0.366. The predicted octanol–water partition coefficient (Wildman–Crippen LogP) is 3.64. The van der Waals surface area contributed by atoms with Gasteiger partial charge in [-0.05, 0) is 44.0 Å². The maximum Gasteiger partial charge on any atom is 0.319 e. The largest absolute Gasteiger partial charge is 0.486 e. The van der Waals surface area contributed by atoms with E-state index in [1.807, 2.05) is 63.2 Å². The molecule has 2 atom stereocenters. The molecule has 0 saturated carbocycles. The van der Waals surface area contributed by atoms with Crippen LogP contribution in [-0.2, 0) is 6.42 Å². The molecule has 25 heavy (non-hydrogen) atoms. The Hall–Kier alpha value is -2.53. The van der Waals surface area contributed by atoms with Crippen molar-refractivity contribution in [3.05, 3.63) is 59.7 Å². The normalized spacial score (nSPS) is 19.2. The lowest BCUT2D eigenvalue weighted by Gasteiger charge is -2.24. The molecule has 0 spiro atoms. The molecule has 2 aromatic carbocycles. The van der Waals surface area contributed by atoms with E-state index in [1.165, 1.54) is 0 Å². The molecular formula is C20H24N2O3. The van der Waals surface area contributed by atoms with Crippen molar-refractivity contribution in [3.63, 3.8) is 0 Å². The Morgan fingerprint density at radius 1 is 1.12 bits per heavy atom. The molecule has 0 radical (unpaired) electrons. The first-order valence-electron chi connectivity index (χ1n) is 8.45. The molecule has 0 unspecified atom stereocenters. The van der Waals surface area contributed by atoms with Crippen molar-refractivity contribution in [1.82, 2.24) is 5.32 Å². The van der Waals surface area contributed by atoms with Gasteiger partial charge in [-0.1, -0.05) is 36.4 Å². The summed E-state index contributed by atoms with van der Waals surface area (Å²) in [7, 11) is 0. The van der Waals surface area contributed by atoms with Crippen molar-refractivity contribution in [1.29, 1.82) is 0 Å². The van der Waals surface area contributed by atoms with Gasteiger partial charge in [0.1, 0.15) is 11.4 Å². The van der Waals surface area contributed by atoms with E-state index in [0.717, 1.165) is 11.1 Å². The van der Waals surface area contributed by atoms with Crippen molar-refractivity contribution < 1.29 is 14.6 Å². The highest BCUT2D eigenvalue weighted by Crippen LogP contribution is 2.32. The number of carbonyl (C=O) groups is 1. The fourth-order valence-corrected chi connectivity index (χ4v) is 3.04. The first-order chi connectivity index (χ1) is 11.8. The standard InChI is InChI=1S/C20H24N2O3/c1-20(2,3)25-17-11-7-6-10-15(17)21-19(24)22-18-14-9-5-4-8-13(14)12-16(18)23/h4-11,16,18,23H,12H2,1-3H3,(H2,21,22,24)/t16-,18+/m1/s1. The van der Waals surface area contributed by atoms with Crippen LogP contribution in [0, 0.1) is 0 Å². The maximum absolute atomic E-state index is 12.5. The second kappa shape index (κ2) is 6.76. The number of anilines is 1. The van der Waals surface area contributed by atoms with Gasteiger partial charge in [0, 0.05) is 6.42 Å². The van der Waals surface area contributed by atoms with Gasteiger partial charge in [-0.2, -0.15) is 0 Å². The van der Waals surface area contributed by atoms with Crippen molar-refractivity contribution in [2.75, 3.05) is 5.32 Å². The van der Waals surface area contributed by atoms with Crippen LogP contribution in [0.15, 0.2) is 48.5 Å². The third-order valence-electron chi connectivity index (χ3n) is 4.04. The summed E-state index contributed by atoms with van der Waals surface area (Å²) in [5.41, 5.74) is 2.26. The summed E-state index contributed by atoms with van der Waals surface area (Å²) in [5.74, 6) is 0.609. The summed E-state index contributed by atoms with van der Waals surface area (Å²) in [6, 6.07) is 14.3. The summed E-state index contributed by atoms with van der Waals surface area (Å²) in [6.45, 7) is 5.86. The van der Waals surface area contributed by atoms with E-state index < -0.39 is 12.1 Å². The number of urea groups is 1. The molecule has 0 fully saturated rings. The van der Waals surface area contributed by atoms with Gasteiger partial charge < -0.3 is 20.5 Å². The molecule has 132 valence electrons. The highest BCUT2D eigenvalue weighted by molar-refractivity contribution is 5.91. The van der Waals surface area contributed by atoms with E-state index in [0.29, 0.717) is 17.9 Å². The number of carbonyl (C=O) groups excluding carboxylic acids is 1. The molecule has 0 saturated heterocycles. The molecule has 1 aliphatic rings. The van der Waals surface area contributed by atoms with Crippen LogP contribution in [-0.4, -0.2) is 22.8 Å². The van der Waals surface area contributed by atoms with E-state index in [9.17, 15) is 9.90 Å². The number of aliphatic hydroxyl groups excluding tert-OH is 1. The van der Waals surface area contributed by atoms with Crippen LogP contribution in [0.2, 0.25) is 0 Å². The fraction of sp³-hybridized carbons (Fsp3) is 0.350.